The van der Waals surface area contributed by atoms with E-state index < -0.39 is 5.82 Å². The molecular weight excluding hydrogens is 371 g/mol. The Bertz CT molecular complexity index is 1230. The van der Waals surface area contributed by atoms with Crippen molar-refractivity contribution in [2.24, 2.45) is 0 Å². The largest absolute Gasteiger partial charge is 0.268 e. The highest BCUT2D eigenvalue weighted by atomic mass is 32.2. The molecule has 0 aliphatic carbocycles. The van der Waals surface area contributed by atoms with Gasteiger partial charge in [-0.1, -0.05) is 59.8 Å². The lowest BCUT2D eigenvalue weighted by Gasteiger charge is -2.14. The van der Waals surface area contributed by atoms with Gasteiger partial charge in [0.15, 0.2) is 5.16 Å². The average Bonchev–Trinajstić information content (AvgIpc) is 2.70. The van der Waals surface area contributed by atoms with Gasteiger partial charge >= 0.3 is 0 Å². The van der Waals surface area contributed by atoms with Gasteiger partial charge < -0.3 is 0 Å². The van der Waals surface area contributed by atoms with Crippen LogP contribution in [-0.2, 0) is 5.75 Å². The number of nitrogens with zero attached hydrogens (tertiary/aromatic N) is 2. The fourth-order valence-electron chi connectivity index (χ4n) is 3.15. The molecule has 0 bridgehead atoms. The molecule has 1 aromatic heterocycles. The molecule has 0 radical (unpaired) electrons. The van der Waals surface area contributed by atoms with Gasteiger partial charge in [0.05, 0.1) is 16.6 Å². The molecule has 0 spiro atoms. The molecule has 3 nitrogen and oxygen atoms in total. The summed E-state index contributed by atoms with van der Waals surface area (Å²) in [5.74, 6) is 0.197. The number of para-hydroxylation sites is 2. The molecule has 0 saturated carbocycles. The van der Waals surface area contributed by atoms with Crippen LogP contribution in [0.2, 0.25) is 0 Å². The number of fused-ring (bicyclic) bond motifs is 1. The van der Waals surface area contributed by atoms with Crippen LogP contribution in [0.4, 0.5) is 4.39 Å². The first kappa shape index (κ1) is 18.4. The van der Waals surface area contributed by atoms with E-state index in [1.807, 2.05) is 12.1 Å². The van der Waals surface area contributed by atoms with Crippen LogP contribution in [0.15, 0.2) is 76.7 Å². The molecule has 0 atom stereocenters. The quantitative estimate of drug-likeness (QED) is 0.344. The summed E-state index contributed by atoms with van der Waals surface area (Å²) < 4.78 is 15.9. The standard InChI is InChI=1S/C23H19FN2OS/c1-15-11-12-16(2)17(13-15)14-28-23-25-20-9-5-3-7-18(20)22(27)26(23)21-10-6-4-8-19(21)24/h3-13H,14H2,1-2H3. The normalized spacial score (nSPS) is 11.1. The second-order valence-electron chi connectivity index (χ2n) is 6.72. The summed E-state index contributed by atoms with van der Waals surface area (Å²) in [5, 5.41) is 0.955. The van der Waals surface area contributed by atoms with Crippen molar-refractivity contribution in [2.75, 3.05) is 0 Å². The van der Waals surface area contributed by atoms with Crippen molar-refractivity contribution in [2.45, 2.75) is 24.8 Å². The fraction of sp³-hybridized carbons (Fsp3) is 0.130. The molecule has 4 aromatic rings. The van der Waals surface area contributed by atoms with Gasteiger partial charge in [0.25, 0.3) is 5.56 Å². The predicted molar refractivity (Wildman–Crippen MR) is 113 cm³/mol. The number of halogens is 1. The Morgan fingerprint density at radius 1 is 1.00 bits per heavy atom. The van der Waals surface area contributed by atoms with Crippen molar-refractivity contribution in [3.05, 3.63) is 99.6 Å². The third kappa shape index (κ3) is 3.45. The number of thioether (sulfide) groups is 1. The molecule has 0 N–H and O–H groups in total. The summed E-state index contributed by atoms with van der Waals surface area (Å²) >= 11 is 1.44. The molecule has 28 heavy (non-hydrogen) atoms. The van der Waals surface area contributed by atoms with Gasteiger partial charge in [-0.2, -0.15) is 0 Å². The molecule has 140 valence electrons. The van der Waals surface area contributed by atoms with Crippen LogP contribution in [-0.4, -0.2) is 9.55 Å². The highest BCUT2D eigenvalue weighted by Crippen LogP contribution is 2.27. The first-order valence-electron chi connectivity index (χ1n) is 9.00. The van der Waals surface area contributed by atoms with Crippen molar-refractivity contribution < 1.29 is 4.39 Å². The first-order chi connectivity index (χ1) is 13.5. The van der Waals surface area contributed by atoms with E-state index in [-0.39, 0.29) is 11.2 Å². The van der Waals surface area contributed by atoms with Crippen LogP contribution in [0.25, 0.3) is 16.6 Å². The van der Waals surface area contributed by atoms with E-state index in [0.717, 1.165) is 0 Å². The Morgan fingerprint density at radius 2 is 1.75 bits per heavy atom. The van der Waals surface area contributed by atoms with Gasteiger partial charge in [-0.05, 0) is 49.2 Å². The van der Waals surface area contributed by atoms with Gasteiger partial charge in [0, 0.05) is 5.75 Å². The summed E-state index contributed by atoms with van der Waals surface area (Å²) in [4.78, 5) is 17.9. The first-order valence-corrected chi connectivity index (χ1v) is 9.99. The Morgan fingerprint density at radius 3 is 2.57 bits per heavy atom. The lowest BCUT2D eigenvalue weighted by atomic mass is 10.1. The second-order valence-corrected chi connectivity index (χ2v) is 7.66. The van der Waals surface area contributed by atoms with Crippen molar-refractivity contribution in [3.8, 4) is 5.69 Å². The molecule has 0 aliphatic rings. The highest BCUT2D eigenvalue weighted by Gasteiger charge is 2.16. The van der Waals surface area contributed by atoms with Crippen molar-refractivity contribution in [1.82, 2.24) is 9.55 Å². The Kier molecular flexibility index (Phi) is 5.01. The monoisotopic (exact) mass is 390 g/mol. The van der Waals surface area contributed by atoms with Crippen LogP contribution >= 0.6 is 11.8 Å². The van der Waals surface area contributed by atoms with E-state index >= 15 is 0 Å². The fourth-order valence-corrected chi connectivity index (χ4v) is 4.22. The third-order valence-electron chi connectivity index (χ3n) is 4.70. The van der Waals surface area contributed by atoms with Crippen LogP contribution in [0.5, 0.6) is 0 Å². The summed E-state index contributed by atoms with van der Waals surface area (Å²) in [6.45, 7) is 4.12. The van der Waals surface area contributed by atoms with Crippen molar-refractivity contribution in [1.29, 1.82) is 0 Å². The molecular formula is C23H19FN2OS. The summed E-state index contributed by atoms with van der Waals surface area (Å²) in [5.41, 5.74) is 4.10. The SMILES string of the molecule is Cc1ccc(C)c(CSc2nc3ccccc3c(=O)n2-c2ccccc2F)c1. The maximum atomic E-state index is 14.5. The molecule has 0 amide bonds. The summed E-state index contributed by atoms with van der Waals surface area (Å²) in [6, 6.07) is 19.8. The highest BCUT2D eigenvalue weighted by molar-refractivity contribution is 7.98. The zero-order chi connectivity index (χ0) is 19.7. The summed E-state index contributed by atoms with van der Waals surface area (Å²) in [6.07, 6.45) is 0. The lowest BCUT2D eigenvalue weighted by Crippen LogP contribution is -2.22. The molecule has 0 unspecified atom stereocenters. The van der Waals surface area contributed by atoms with E-state index in [2.05, 4.69) is 37.0 Å². The number of hydrogen-bond donors (Lipinski definition) is 0. The number of hydrogen-bond acceptors (Lipinski definition) is 3. The topological polar surface area (TPSA) is 34.9 Å². The van der Waals surface area contributed by atoms with Gasteiger partial charge in [-0.3, -0.25) is 9.36 Å². The average molecular weight is 390 g/mol. The zero-order valence-corrected chi connectivity index (χ0v) is 16.5. The number of aromatic nitrogens is 2. The van der Waals surface area contributed by atoms with Gasteiger partial charge in [0.1, 0.15) is 5.82 Å². The third-order valence-corrected chi connectivity index (χ3v) is 5.69. The van der Waals surface area contributed by atoms with Crippen molar-refractivity contribution >= 4 is 22.7 Å². The Balaban J connectivity index is 1.87. The molecule has 0 aliphatic heterocycles. The van der Waals surface area contributed by atoms with E-state index in [4.69, 9.17) is 0 Å². The lowest BCUT2D eigenvalue weighted by molar-refractivity contribution is 0.608. The number of rotatable bonds is 4. The summed E-state index contributed by atoms with van der Waals surface area (Å²) in [7, 11) is 0. The van der Waals surface area contributed by atoms with Crippen LogP contribution in [0, 0.1) is 19.7 Å². The van der Waals surface area contributed by atoms with Crippen LogP contribution < -0.4 is 5.56 Å². The van der Waals surface area contributed by atoms with E-state index in [9.17, 15) is 9.18 Å². The van der Waals surface area contributed by atoms with Crippen LogP contribution in [0.3, 0.4) is 0 Å². The zero-order valence-electron chi connectivity index (χ0n) is 15.6. The van der Waals surface area contributed by atoms with E-state index in [1.54, 1.807) is 30.3 Å². The van der Waals surface area contributed by atoms with E-state index in [0.29, 0.717) is 21.8 Å². The molecule has 1 heterocycles. The Labute approximate surface area is 166 Å². The minimum absolute atomic E-state index is 0.217. The maximum absolute atomic E-state index is 14.5. The van der Waals surface area contributed by atoms with E-state index in [1.165, 1.54) is 39.1 Å². The predicted octanol–water partition coefficient (Wildman–Crippen LogP) is 5.43. The number of aryl methyl sites for hydroxylation is 2. The van der Waals surface area contributed by atoms with Gasteiger partial charge in [-0.25, -0.2) is 9.37 Å². The Hall–Kier alpha value is -2.92. The van der Waals surface area contributed by atoms with Gasteiger partial charge in [0.2, 0.25) is 0 Å². The molecule has 0 fully saturated rings. The molecule has 0 saturated heterocycles. The molecule has 4 rings (SSSR count). The minimum Gasteiger partial charge on any atom is -0.268 e. The maximum Gasteiger partial charge on any atom is 0.266 e. The van der Waals surface area contributed by atoms with Crippen molar-refractivity contribution in [3.63, 3.8) is 0 Å². The molecule has 3 aromatic carbocycles. The second kappa shape index (κ2) is 7.60. The van der Waals surface area contributed by atoms with Crippen LogP contribution in [0.1, 0.15) is 16.7 Å². The molecule has 5 heteroatoms. The minimum atomic E-state index is -0.449. The number of benzene rings is 3. The van der Waals surface area contributed by atoms with Gasteiger partial charge in [-0.15, -0.1) is 0 Å². The smallest absolute Gasteiger partial charge is 0.266 e.